The summed E-state index contributed by atoms with van der Waals surface area (Å²) in [5.74, 6) is -0.588. The zero-order valence-corrected chi connectivity index (χ0v) is 15.3. The molecule has 8 nitrogen and oxygen atoms in total. The highest BCUT2D eigenvalue weighted by Crippen LogP contribution is 2.33. The SMILES string of the molecule is Cc1nc(C(=O)NC(C)C(=O)NO)c(O)c2ccc(Oc3ccccc3)cc12. The zero-order valence-electron chi connectivity index (χ0n) is 15.3. The molecule has 28 heavy (non-hydrogen) atoms. The van der Waals surface area contributed by atoms with E-state index in [-0.39, 0.29) is 11.4 Å². The van der Waals surface area contributed by atoms with Crippen LogP contribution < -0.4 is 15.5 Å². The Kier molecular flexibility index (Phi) is 5.42. The standard InChI is InChI=1S/C20H19N3O5/c1-11-16-10-14(28-13-6-4-3-5-7-13)8-9-15(16)18(24)17(21-11)20(26)22-12(2)19(25)23-27/h3-10,12,24,27H,1-2H3,(H,22,26)(H,23,25). The van der Waals surface area contributed by atoms with Gasteiger partial charge in [-0.05, 0) is 44.2 Å². The van der Waals surface area contributed by atoms with Crippen LogP contribution in [0.5, 0.6) is 17.2 Å². The third-order valence-corrected chi connectivity index (χ3v) is 4.18. The van der Waals surface area contributed by atoms with Gasteiger partial charge in [0.25, 0.3) is 11.8 Å². The number of para-hydroxylation sites is 1. The molecule has 3 aromatic rings. The molecule has 8 heteroatoms. The summed E-state index contributed by atoms with van der Waals surface area (Å²) in [6.07, 6.45) is 0. The van der Waals surface area contributed by atoms with Crippen molar-refractivity contribution >= 4 is 22.6 Å². The molecule has 1 heterocycles. The first-order valence-electron chi connectivity index (χ1n) is 8.51. The maximum atomic E-state index is 12.4. The predicted octanol–water partition coefficient (Wildman–Crippen LogP) is 2.66. The average molecular weight is 381 g/mol. The number of aryl methyl sites for hydroxylation is 1. The number of aromatic hydroxyl groups is 1. The van der Waals surface area contributed by atoms with Crippen molar-refractivity contribution in [1.82, 2.24) is 15.8 Å². The van der Waals surface area contributed by atoms with E-state index < -0.39 is 17.9 Å². The summed E-state index contributed by atoms with van der Waals surface area (Å²) >= 11 is 0. The molecule has 144 valence electrons. The van der Waals surface area contributed by atoms with Gasteiger partial charge in [0, 0.05) is 16.5 Å². The van der Waals surface area contributed by atoms with Crippen LogP contribution in [0.3, 0.4) is 0 Å². The van der Waals surface area contributed by atoms with Crippen LogP contribution in [0.1, 0.15) is 23.1 Å². The fourth-order valence-corrected chi connectivity index (χ4v) is 2.71. The van der Waals surface area contributed by atoms with Gasteiger partial charge < -0.3 is 15.2 Å². The molecule has 0 saturated carbocycles. The summed E-state index contributed by atoms with van der Waals surface area (Å²) in [6, 6.07) is 13.3. The quantitative estimate of drug-likeness (QED) is 0.398. The molecule has 0 aliphatic heterocycles. The molecule has 0 bridgehead atoms. The summed E-state index contributed by atoms with van der Waals surface area (Å²) in [6.45, 7) is 3.09. The minimum atomic E-state index is -1.00. The van der Waals surface area contributed by atoms with Gasteiger partial charge in [-0.2, -0.15) is 0 Å². The summed E-state index contributed by atoms with van der Waals surface area (Å²) < 4.78 is 5.79. The van der Waals surface area contributed by atoms with E-state index in [9.17, 15) is 14.7 Å². The van der Waals surface area contributed by atoms with E-state index in [0.717, 1.165) is 0 Å². The number of fused-ring (bicyclic) bond motifs is 1. The van der Waals surface area contributed by atoms with Gasteiger partial charge in [-0.1, -0.05) is 18.2 Å². The van der Waals surface area contributed by atoms with Gasteiger partial charge in [0.15, 0.2) is 11.4 Å². The van der Waals surface area contributed by atoms with Crippen molar-refractivity contribution in [3.8, 4) is 17.2 Å². The van der Waals surface area contributed by atoms with Gasteiger partial charge in [0.2, 0.25) is 0 Å². The van der Waals surface area contributed by atoms with Crippen LogP contribution in [-0.2, 0) is 4.79 Å². The molecule has 0 saturated heterocycles. The molecule has 2 amide bonds. The molecule has 1 atom stereocenters. The number of carbonyl (C=O) groups excluding carboxylic acids is 2. The second-order valence-corrected chi connectivity index (χ2v) is 6.19. The molecule has 0 fully saturated rings. The number of amides is 2. The van der Waals surface area contributed by atoms with Gasteiger partial charge >= 0.3 is 0 Å². The van der Waals surface area contributed by atoms with Crippen LogP contribution in [0.4, 0.5) is 0 Å². The molecule has 0 spiro atoms. The lowest BCUT2D eigenvalue weighted by Gasteiger charge is -2.14. The Hall–Kier alpha value is -3.65. The number of nitrogens with zero attached hydrogens (tertiary/aromatic N) is 1. The first-order chi connectivity index (χ1) is 13.4. The van der Waals surface area contributed by atoms with Crippen LogP contribution in [0, 0.1) is 6.92 Å². The van der Waals surface area contributed by atoms with Crippen molar-refractivity contribution in [3.05, 3.63) is 59.9 Å². The number of rotatable bonds is 5. The molecule has 2 aromatic carbocycles. The Labute approximate surface area is 160 Å². The van der Waals surface area contributed by atoms with E-state index in [1.807, 2.05) is 30.3 Å². The van der Waals surface area contributed by atoms with Crippen molar-refractivity contribution in [3.63, 3.8) is 0 Å². The summed E-state index contributed by atoms with van der Waals surface area (Å²) in [7, 11) is 0. The topological polar surface area (TPSA) is 121 Å². The van der Waals surface area contributed by atoms with E-state index >= 15 is 0 Å². The maximum absolute atomic E-state index is 12.4. The summed E-state index contributed by atoms with van der Waals surface area (Å²) in [5.41, 5.74) is 1.75. The number of hydroxylamine groups is 1. The Bertz CT molecular complexity index is 1040. The normalized spacial score (nSPS) is 11.7. The van der Waals surface area contributed by atoms with Crippen LogP contribution in [0.2, 0.25) is 0 Å². The number of aromatic nitrogens is 1. The van der Waals surface area contributed by atoms with Gasteiger partial charge in [0.1, 0.15) is 17.5 Å². The summed E-state index contributed by atoms with van der Waals surface area (Å²) in [4.78, 5) is 27.9. The molecule has 0 aliphatic carbocycles. The lowest BCUT2D eigenvalue weighted by molar-refractivity contribution is -0.130. The monoisotopic (exact) mass is 381 g/mol. The number of carbonyl (C=O) groups is 2. The molecule has 0 radical (unpaired) electrons. The number of benzene rings is 2. The lowest BCUT2D eigenvalue weighted by atomic mass is 10.1. The van der Waals surface area contributed by atoms with Crippen molar-refractivity contribution in [2.75, 3.05) is 0 Å². The second-order valence-electron chi connectivity index (χ2n) is 6.19. The van der Waals surface area contributed by atoms with Crippen molar-refractivity contribution in [1.29, 1.82) is 0 Å². The number of hydrogen-bond donors (Lipinski definition) is 4. The third-order valence-electron chi connectivity index (χ3n) is 4.18. The highest BCUT2D eigenvalue weighted by atomic mass is 16.5. The van der Waals surface area contributed by atoms with Gasteiger partial charge in [-0.3, -0.25) is 14.8 Å². The highest BCUT2D eigenvalue weighted by Gasteiger charge is 2.22. The van der Waals surface area contributed by atoms with E-state index in [1.165, 1.54) is 12.4 Å². The Morgan fingerprint density at radius 2 is 1.79 bits per heavy atom. The Morgan fingerprint density at radius 1 is 1.07 bits per heavy atom. The zero-order chi connectivity index (χ0) is 20.3. The molecule has 1 aromatic heterocycles. The number of nitrogens with one attached hydrogen (secondary N) is 2. The molecule has 4 N–H and O–H groups in total. The smallest absolute Gasteiger partial charge is 0.274 e. The fourth-order valence-electron chi connectivity index (χ4n) is 2.71. The van der Waals surface area contributed by atoms with E-state index in [4.69, 9.17) is 9.94 Å². The Morgan fingerprint density at radius 3 is 2.46 bits per heavy atom. The Balaban J connectivity index is 1.93. The summed E-state index contributed by atoms with van der Waals surface area (Å²) in [5, 5.41) is 22.6. The van der Waals surface area contributed by atoms with Crippen LogP contribution in [-0.4, -0.2) is 33.2 Å². The largest absolute Gasteiger partial charge is 0.505 e. The molecule has 1 unspecified atom stereocenters. The number of pyridine rings is 1. The fraction of sp³-hybridized carbons (Fsp3) is 0.150. The van der Waals surface area contributed by atoms with Gasteiger partial charge in [-0.25, -0.2) is 10.5 Å². The van der Waals surface area contributed by atoms with E-state index in [0.29, 0.717) is 28.0 Å². The molecule has 3 rings (SSSR count). The highest BCUT2D eigenvalue weighted by molar-refractivity contribution is 6.03. The second kappa shape index (κ2) is 7.93. The van der Waals surface area contributed by atoms with E-state index in [2.05, 4.69) is 10.3 Å². The first kappa shape index (κ1) is 19.1. The van der Waals surface area contributed by atoms with Crippen LogP contribution in [0.25, 0.3) is 10.8 Å². The minimum Gasteiger partial charge on any atom is -0.505 e. The first-order valence-corrected chi connectivity index (χ1v) is 8.51. The van der Waals surface area contributed by atoms with Gasteiger partial charge in [0.05, 0.1) is 0 Å². The van der Waals surface area contributed by atoms with E-state index in [1.54, 1.807) is 25.1 Å². The molecular weight excluding hydrogens is 362 g/mol. The van der Waals surface area contributed by atoms with Crippen molar-refractivity contribution in [2.45, 2.75) is 19.9 Å². The minimum absolute atomic E-state index is 0.209. The average Bonchev–Trinajstić information content (AvgIpc) is 2.70. The maximum Gasteiger partial charge on any atom is 0.274 e. The number of ether oxygens (including phenoxy) is 1. The third kappa shape index (κ3) is 3.86. The van der Waals surface area contributed by atoms with Crippen LogP contribution >= 0.6 is 0 Å². The van der Waals surface area contributed by atoms with Gasteiger partial charge in [-0.15, -0.1) is 0 Å². The number of hydrogen-bond acceptors (Lipinski definition) is 6. The molecule has 0 aliphatic rings. The predicted molar refractivity (Wildman–Crippen MR) is 102 cm³/mol. The molecular formula is C20H19N3O5. The van der Waals surface area contributed by atoms with Crippen LogP contribution in [0.15, 0.2) is 48.5 Å². The lowest BCUT2D eigenvalue weighted by Crippen LogP contribution is -2.44. The van der Waals surface area contributed by atoms with Crippen molar-refractivity contribution in [2.24, 2.45) is 0 Å². The van der Waals surface area contributed by atoms with Crippen molar-refractivity contribution < 1.29 is 24.6 Å².